The molecule has 0 spiro atoms. The van der Waals surface area contributed by atoms with E-state index in [4.69, 9.17) is 0 Å². The number of rotatable bonds is 4. The number of hydrogen-bond donors (Lipinski definition) is 2. The van der Waals surface area contributed by atoms with Crippen LogP contribution < -0.4 is 10.6 Å². The first kappa shape index (κ1) is 18.5. The van der Waals surface area contributed by atoms with E-state index >= 15 is 0 Å². The normalized spacial score (nSPS) is 25.9. The van der Waals surface area contributed by atoms with Gasteiger partial charge in [0.05, 0.1) is 6.20 Å². The molecular weight excluding hydrogens is 361 g/mol. The fraction of sp³-hybridized carbons (Fsp3) is 0.450. The summed E-state index contributed by atoms with van der Waals surface area (Å²) < 4.78 is 14.1. The van der Waals surface area contributed by atoms with Crippen molar-refractivity contribution >= 4 is 11.8 Å². The van der Waals surface area contributed by atoms with Crippen LogP contribution in [0.15, 0.2) is 30.7 Å². The lowest BCUT2D eigenvalue weighted by Crippen LogP contribution is -2.55. The quantitative estimate of drug-likeness (QED) is 0.845. The van der Waals surface area contributed by atoms with Crippen LogP contribution >= 0.6 is 0 Å². The Morgan fingerprint density at radius 3 is 2.43 bits per heavy atom. The summed E-state index contributed by atoms with van der Waals surface area (Å²) in [6, 6.07) is 2.80. The van der Waals surface area contributed by atoms with Crippen LogP contribution in [0.4, 0.5) is 4.39 Å². The Hall–Kier alpha value is -2.90. The molecule has 2 unspecified atom stereocenters. The van der Waals surface area contributed by atoms with Crippen molar-refractivity contribution in [2.24, 2.45) is 0 Å². The minimum atomic E-state index is -0.629. The van der Waals surface area contributed by atoms with Crippen molar-refractivity contribution in [3.63, 3.8) is 0 Å². The Bertz CT molecular complexity index is 922. The van der Waals surface area contributed by atoms with Gasteiger partial charge in [0.15, 0.2) is 11.5 Å². The third-order valence-electron chi connectivity index (χ3n) is 5.82. The van der Waals surface area contributed by atoms with Crippen LogP contribution in [0.3, 0.4) is 0 Å². The summed E-state index contributed by atoms with van der Waals surface area (Å²) in [4.78, 5) is 37.3. The van der Waals surface area contributed by atoms with E-state index in [1.54, 1.807) is 6.92 Å². The minimum Gasteiger partial charge on any atom is -0.345 e. The number of halogens is 1. The molecule has 2 bridgehead atoms. The average Bonchev–Trinajstić information content (AvgIpc) is 2.93. The summed E-state index contributed by atoms with van der Waals surface area (Å²) in [5.41, 5.74) is -0.164. The third-order valence-corrected chi connectivity index (χ3v) is 5.82. The van der Waals surface area contributed by atoms with E-state index in [1.165, 1.54) is 30.7 Å². The van der Waals surface area contributed by atoms with E-state index in [-0.39, 0.29) is 17.3 Å². The van der Waals surface area contributed by atoms with Crippen molar-refractivity contribution in [3.05, 3.63) is 53.6 Å². The van der Waals surface area contributed by atoms with Gasteiger partial charge in [-0.2, -0.15) is 0 Å². The van der Waals surface area contributed by atoms with Crippen molar-refractivity contribution in [1.82, 2.24) is 25.6 Å². The Labute approximate surface area is 162 Å². The second kappa shape index (κ2) is 6.92. The Balaban J connectivity index is 1.50. The molecule has 4 rings (SSSR count). The smallest absolute Gasteiger partial charge is 0.273 e. The van der Waals surface area contributed by atoms with Gasteiger partial charge in [-0.15, -0.1) is 0 Å². The number of carbonyl (C=O) groups is 2. The molecule has 0 saturated heterocycles. The SMILES string of the molecule is Cc1ccc(F)c(C(=O)NC23CCCC(NC(=O)c4cnccn4)(CC2)C3)n1. The van der Waals surface area contributed by atoms with Crippen LogP contribution in [0.1, 0.15) is 65.2 Å². The zero-order valence-electron chi connectivity index (χ0n) is 15.7. The van der Waals surface area contributed by atoms with E-state index in [0.717, 1.165) is 32.1 Å². The third kappa shape index (κ3) is 3.46. The maximum absolute atomic E-state index is 14.1. The van der Waals surface area contributed by atoms with Gasteiger partial charge in [0.1, 0.15) is 5.69 Å². The van der Waals surface area contributed by atoms with Crippen molar-refractivity contribution in [1.29, 1.82) is 0 Å². The second-order valence-corrected chi connectivity index (χ2v) is 7.87. The lowest BCUT2D eigenvalue weighted by molar-refractivity contribution is 0.0824. The number of pyridine rings is 1. The fourth-order valence-corrected chi connectivity index (χ4v) is 4.55. The van der Waals surface area contributed by atoms with Gasteiger partial charge in [-0.3, -0.25) is 14.6 Å². The summed E-state index contributed by atoms with van der Waals surface area (Å²) in [6.07, 6.45) is 9.04. The molecule has 2 saturated carbocycles. The highest BCUT2D eigenvalue weighted by atomic mass is 19.1. The molecule has 2 heterocycles. The van der Waals surface area contributed by atoms with Gasteiger partial charge in [0.2, 0.25) is 0 Å². The molecule has 146 valence electrons. The molecule has 2 fully saturated rings. The number of carbonyl (C=O) groups excluding carboxylic acids is 2. The lowest BCUT2D eigenvalue weighted by atomic mass is 9.78. The van der Waals surface area contributed by atoms with E-state index in [9.17, 15) is 14.0 Å². The van der Waals surface area contributed by atoms with Crippen molar-refractivity contribution in [2.75, 3.05) is 0 Å². The molecule has 0 aromatic carbocycles. The average molecular weight is 383 g/mol. The first-order valence-corrected chi connectivity index (χ1v) is 9.45. The molecule has 28 heavy (non-hydrogen) atoms. The molecule has 2 atom stereocenters. The van der Waals surface area contributed by atoms with Crippen LogP contribution in [-0.2, 0) is 0 Å². The molecule has 2 aliphatic carbocycles. The maximum Gasteiger partial charge on any atom is 0.273 e. The van der Waals surface area contributed by atoms with Crippen molar-refractivity contribution < 1.29 is 14.0 Å². The Morgan fingerprint density at radius 1 is 1.04 bits per heavy atom. The van der Waals surface area contributed by atoms with Crippen LogP contribution in [0.2, 0.25) is 0 Å². The Kier molecular flexibility index (Phi) is 4.56. The predicted molar refractivity (Wildman–Crippen MR) is 99.1 cm³/mol. The van der Waals surface area contributed by atoms with Gasteiger partial charge in [0, 0.05) is 29.2 Å². The highest BCUT2D eigenvalue weighted by molar-refractivity contribution is 5.94. The molecule has 2 amide bonds. The number of fused-ring (bicyclic) bond motifs is 2. The molecule has 0 radical (unpaired) electrons. The van der Waals surface area contributed by atoms with Gasteiger partial charge >= 0.3 is 0 Å². The fourth-order valence-electron chi connectivity index (χ4n) is 4.55. The zero-order valence-corrected chi connectivity index (χ0v) is 15.7. The summed E-state index contributed by atoms with van der Waals surface area (Å²) >= 11 is 0. The molecule has 2 aromatic heterocycles. The van der Waals surface area contributed by atoms with Crippen molar-refractivity contribution in [3.8, 4) is 0 Å². The molecule has 2 N–H and O–H groups in total. The molecule has 2 aliphatic rings. The zero-order chi connectivity index (χ0) is 19.8. The summed E-state index contributed by atoms with van der Waals surface area (Å²) in [5, 5.41) is 6.14. The molecule has 7 nitrogen and oxygen atoms in total. The summed E-state index contributed by atoms with van der Waals surface area (Å²) in [7, 11) is 0. The van der Waals surface area contributed by atoms with Gasteiger partial charge in [0.25, 0.3) is 11.8 Å². The topological polar surface area (TPSA) is 96.9 Å². The van der Waals surface area contributed by atoms with Crippen LogP contribution in [-0.4, -0.2) is 37.8 Å². The standard InChI is InChI=1S/C20H22FN5O2/c1-13-3-4-14(21)16(24-13)18(28)26-20-6-2-5-19(12-20,7-8-20)25-17(27)15-11-22-9-10-23-15/h3-4,9-11H,2,5-8,12H2,1H3,(H,25,27)(H,26,28). The number of aromatic nitrogens is 3. The van der Waals surface area contributed by atoms with E-state index in [2.05, 4.69) is 25.6 Å². The van der Waals surface area contributed by atoms with E-state index < -0.39 is 22.8 Å². The number of nitrogens with one attached hydrogen (secondary N) is 2. The van der Waals surface area contributed by atoms with E-state index in [0.29, 0.717) is 12.1 Å². The van der Waals surface area contributed by atoms with Crippen LogP contribution in [0.25, 0.3) is 0 Å². The van der Waals surface area contributed by atoms with Crippen LogP contribution in [0, 0.1) is 12.7 Å². The highest BCUT2D eigenvalue weighted by Crippen LogP contribution is 2.48. The summed E-state index contributed by atoms with van der Waals surface area (Å²) in [5.74, 6) is -1.39. The minimum absolute atomic E-state index is 0.180. The Morgan fingerprint density at radius 2 is 1.75 bits per heavy atom. The monoisotopic (exact) mass is 383 g/mol. The highest BCUT2D eigenvalue weighted by Gasteiger charge is 2.52. The number of amides is 2. The molecule has 0 aliphatic heterocycles. The largest absolute Gasteiger partial charge is 0.345 e. The first-order valence-electron chi connectivity index (χ1n) is 9.45. The van der Waals surface area contributed by atoms with Gasteiger partial charge in [-0.1, -0.05) is 0 Å². The lowest BCUT2D eigenvalue weighted by Gasteiger charge is -2.40. The maximum atomic E-state index is 14.1. The predicted octanol–water partition coefficient (Wildman–Crippen LogP) is 2.32. The number of aryl methyl sites for hydroxylation is 1. The first-order chi connectivity index (χ1) is 13.4. The molecular formula is C20H22FN5O2. The summed E-state index contributed by atoms with van der Waals surface area (Å²) in [6.45, 7) is 1.72. The van der Waals surface area contributed by atoms with Gasteiger partial charge < -0.3 is 10.6 Å². The van der Waals surface area contributed by atoms with Gasteiger partial charge in [-0.25, -0.2) is 14.4 Å². The second-order valence-electron chi connectivity index (χ2n) is 7.87. The van der Waals surface area contributed by atoms with E-state index in [1.807, 2.05) is 0 Å². The molecule has 2 aromatic rings. The van der Waals surface area contributed by atoms with Crippen molar-refractivity contribution in [2.45, 2.75) is 56.5 Å². The number of nitrogens with zero attached hydrogens (tertiary/aromatic N) is 3. The van der Waals surface area contributed by atoms with Gasteiger partial charge in [-0.05, 0) is 57.6 Å². The van der Waals surface area contributed by atoms with Crippen LogP contribution in [0.5, 0.6) is 0 Å². The number of hydrogen-bond acceptors (Lipinski definition) is 5. The molecule has 8 heteroatoms.